The van der Waals surface area contributed by atoms with Crippen molar-refractivity contribution in [1.29, 1.82) is 0 Å². The van der Waals surface area contributed by atoms with E-state index >= 15 is 0 Å². The average Bonchev–Trinajstić information content (AvgIpc) is 2.29. The fraction of sp³-hybridized carbons (Fsp3) is 0.875. The molecule has 1 spiro atoms. The number of halogens is 2. The molecule has 1 amide bonds. The highest BCUT2D eigenvalue weighted by atomic mass is 19.3. The zero-order valence-electron chi connectivity index (χ0n) is 7.15. The number of nitrogens with one attached hydrogen (secondary N) is 1. The number of hydrogen-bond donors (Lipinski definition) is 2. The summed E-state index contributed by atoms with van der Waals surface area (Å²) in [5.41, 5.74) is 4.72. The highest BCUT2D eigenvalue weighted by molar-refractivity contribution is 5.80. The second-order valence-corrected chi connectivity index (χ2v) is 4.25. The van der Waals surface area contributed by atoms with Gasteiger partial charge in [-0.05, 0) is 11.8 Å². The van der Waals surface area contributed by atoms with Gasteiger partial charge in [0.15, 0.2) is 0 Å². The van der Waals surface area contributed by atoms with Crippen LogP contribution in [0.15, 0.2) is 0 Å². The summed E-state index contributed by atoms with van der Waals surface area (Å²) in [6.45, 7) is 0.496. The Morgan fingerprint density at radius 2 is 2.08 bits per heavy atom. The highest BCUT2D eigenvalue weighted by Crippen LogP contribution is 2.55. The summed E-state index contributed by atoms with van der Waals surface area (Å²) >= 11 is 0. The lowest BCUT2D eigenvalue weighted by Crippen LogP contribution is -2.47. The molecule has 0 aromatic carbocycles. The Morgan fingerprint density at radius 1 is 1.46 bits per heavy atom. The van der Waals surface area contributed by atoms with Crippen molar-refractivity contribution in [2.24, 2.45) is 11.1 Å². The van der Waals surface area contributed by atoms with Crippen molar-refractivity contribution in [2.75, 3.05) is 6.54 Å². The zero-order valence-corrected chi connectivity index (χ0v) is 7.15. The van der Waals surface area contributed by atoms with Gasteiger partial charge < -0.3 is 11.1 Å². The molecule has 0 aromatic rings. The summed E-state index contributed by atoms with van der Waals surface area (Å²) in [4.78, 5) is 10.8. The molecule has 5 heteroatoms. The standard InChI is InChI=1S/C8H12F2N2O/c9-8(10)2-7(3-8)1-5(6(11)13)12-4-7/h5,12H,1-4H2,(H2,11,13). The SMILES string of the molecule is NC(=O)C1CC2(CN1)CC(F)(F)C2. The lowest BCUT2D eigenvalue weighted by atomic mass is 9.65. The van der Waals surface area contributed by atoms with Crippen molar-refractivity contribution >= 4 is 5.91 Å². The lowest BCUT2D eigenvalue weighted by molar-refractivity contribution is -0.154. The molecule has 2 fully saturated rings. The minimum atomic E-state index is -2.52. The molecule has 13 heavy (non-hydrogen) atoms. The fourth-order valence-corrected chi connectivity index (χ4v) is 2.43. The molecule has 3 nitrogen and oxygen atoms in total. The third-order valence-electron chi connectivity index (χ3n) is 2.97. The monoisotopic (exact) mass is 190 g/mol. The van der Waals surface area contributed by atoms with Crippen molar-refractivity contribution in [3.8, 4) is 0 Å². The van der Waals surface area contributed by atoms with Gasteiger partial charge in [0.25, 0.3) is 0 Å². The van der Waals surface area contributed by atoms with Crippen LogP contribution in [0.25, 0.3) is 0 Å². The van der Waals surface area contributed by atoms with Gasteiger partial charge in [-0.25, -0.2) is 8.78 Å². The largest absolute Gasteiger partial charge is 0.368 e. The van der Waals surface area contributed by atoms with Crippen molar-refractivity contribution < 1.29 is 13.6 Å². The van der Waals surface area contributed by atoms with Crippen LogP contribution in [0.3, 0.4) is 0 Å². The molecule has 1 aliphatic heterocycles. The first kappa shape index (κ1) is 8.87. The van der Waals surface area contributed by atoms with Gasteiger partial charge in [-0.15, -0.1) is 0 Å². The van der Waals surface area contributed by atoms with E-state index in [0.29, 0.717) is 13.0 Å². The molecule has 0 radical (unpaired) electrons. The van der Waals surface area contributed by atoms with E-state index in [1.807, 2.05) is 0 Å². The van der Waals surface area contributed by atoms with Crippen molar-refractivity contribution in [3.63, 3.8) is 0 Å². The van der Waals surface area contributed by atoms with E-state index in [1.165, 1.54) is 0 Å². The number of amides is 1. The van der Waals surface area contributed by atoms with Gasteiger partial charge in [0.1, 0.15) is 0 Å². The van der Waals surface area contributed by atoms with Gasteiger partial charge in [-0.1, -0.05) is 0 Å². The summed E-state index contributed by atoms with van der Waals surface area (Å²) in [6, 6.07) is -0.406. The topological polar surface area (TPSA) is 55.1 Å². The van der Waals surface area contributed by atoms with Crippen LogP contribution in [0.1, 0.15) is 19.3 Å². The first-order valence-electron chi connectivity index (χ1n) is 4.33. The lowest BCUT2D eigenvalue weighted by Gasteiger charge is -2.44. The number of nitrogens with two attached hydrogens (primary N) is 1. The van der Waals surface area contributed by atoms with Gasteiger partial charge in [0, 0.05) is 19.4 Å². The molecule has 1 aliphatic carbocycles. The third-order valence-corrected chi connectivity index (χ3v) is 2.97. The number of rotatable bonds is 1. The Labute approximate surface area is 74.7 Å². The predicted molar refractivity (Wildman–Crippen MR) is 42.2 cm³/mol. The Kier molecular flexibility index (Phi) is 1.64. The van der Waals surface area contributed by atoms with E-state index < -0.39 is 17.9 Å². The molecule has 0 aromatic heterocycles. The van der Waals surface area contributed by atoms with Crippen LogP contribution in [0, 0.1) is 5.41 Å². The minimum Gasteiger partial charge on any atom is -0.368 e. The van der Waals surface area contributed by atoms with Crippen LogP contribution in [-0.4, -0.2) is 24.4 Å². The molecule has 0 bridgehead atoms. The minimum absolute atomic E-state index is 0.100. The van der Waals surface area contributed by atoms with E-state index in [1.54, 1.807) is 0 Å². The Morgan fingerprint density at radius 3 is 2.46 bits per heavy atom. The molecule has 1 heterocycles. The smallest absolute Gasteiger partial charge is 0.249 e. The predicted octanol–water partition coefficient (Wildman–Crippen LogP) is 0.249. The maximum atomic E-state index is 12.6. The Bertz CT molecular complexity index is 247. The number of primary amides is 1. The second-order valence-electron chi connectivity index (χ2n) is 4.25. The van der Waals surface area contributed by atoms with Gasteiger partial charge in [-0.2, -0.15) is 0 Å². The molecule has 1 saturated heterocycles. The summed E-state index contributed by atoms with van der Waals surface area (Å²) in [5.74, 6) is -2.96. The van der Waals surface area contributed by atoms with Gasteiger partial charge in [-0.3, -0.25) is 4.79 Å². The molecule has 1 saturated carbocycles. The van der Waals surface area contributed by atoms with Crippen LogP contribution in [-0.2, 0) is 4.79 Å². The Balaban J connectivity index is 1.97. The van der Waals surface area contributed by atoms with Crippen molar-refractivity contribution in [2.45, 2.75) is 31.2 Å². The van der Waals surface area contributed by atoms with Gasteiger partial charge >= 0.3 is 0 Å². The van der Waals surface area contributed by atoms with Crippen LogP contribution in [0.4, 0.5) is 8.78 Å². The molecule has 1 unspecified atom stereocenters. The molecule has 2 aliphatic rings. The third kappa shape index (κ3) is 1.41. The quantitative estimate of drug-likeness (QED) is 0.622. The summed E-state index contributed by atoms with van der Waals surface area (Å²) in [5, 5.41) is 2.88. The van der Waals surface area contributed by atoms with Crippen LogP contribution >= 0.6 is 0 Å². The summed E-state index contributed by atoms with van der Waals surface area (Å²) < 4.78 is 25.2. The van der Waals surface area contributed by atoms with Gasteiger partial charge in [0.2, 0.25) is 11.8 Å². The van der Waals surface area contributed by atoms with Gasteiger partial charge in [0.05, 0.1) is 6.04 Å². The normalized spacial score (nSPS) is 34.5. The van der Waals surface area contributed by atoms with Crippen molar-refractivity contribution in [3.05, 3.63) is 0 Å². The molecular formula is C8H12F2N2O. The maximum absolute atomic E-state index is 12.6. The molecular weight excluding hydrogens is 178 g/mol. The van der Waals surface area contributed by atoms with Crippen LogP contribution < -0.4 is 11.1 Å². The maximum Gasteiger partial charge on any atom is 0.249 e. The molecule has 74 valence electrons. The molecule has 1 atom stereocenters. The van der Waals surface area contributed by atoms with Crippen molar-refractivity contribution in [1.82, 2.24) is 5.32 Å². The van der Waals surface area contributed by atoms with E-state index in [4.69, 9.17) is 5.73 Å². The van der Waals surface area contributed by atoms with E-state index in [-0.39, 0.29) is 18.3 Å². The van der Waals surface area contributed by atoms with E-state index in [2.05, 4.69) is 5.32 Å². The second kappa shape index (κ2) is 2.41. The van der Waals surface area contributed by atoms with E-state index in [0.717, 1.165) is 0 Å². The van der Waals surface area contributed by atoms with E-state index in [9.17, 15) is 13.6 Å². The van der Waals surface area contributed by atoms with Crippen LogP contribution in [0.2, 0.25) is 0 Å². The number of alkyl halides is 2. The fourth-order valence-electron chi connectivity index (χ4n) is 2.43. The molecule has 2 rings (SSSR count). The number of carbonyl (C=O) groups excluding carboxylic acids is 1. The Hall–Kier alpha value is -0.710. The number of hydrogen-bond acceptors (Lipinski definition) is 2. The average molecular weight is 190 g/mol. The summed E-state index contributed by atoms with van der Waals surface area (Å²) in [7, 11) is 0. The highest BCUT2D eigenvalue weighted by Gasteiger charge is 2.59. The molecule has 3 N–H and O–H groups in total. The number of carbonyl (C=O) groups is 1. The first-order chi connectivity index (χ1) is 5.93. The van der Waals surface area contributed by atoms with Crippen LogP contribution in [0.5, 0.6) is 0 Å². The zero-order chi connectivity index (χ0) is 9.69. The first-order valence-corrected chi connectivity index (χ1v) is 4.33. The summed E-state index contributed by atoms with van der Waals surface area (Å²) in [6.07, 6.45) is 0.269.